The Kier molecular flexibility index (Phi) is 3.00. The third kappa shape index (κ3) is 3.47. The highest BCUT2D eigenvalue weighted by Gasteiger charge is 2.23. The molecule has 0 saturated heterocycles. The van der Waals surface area contributed by atoms with E-state index >= 15 is 0 Å². The zero-order valence-corrected chi connectivity index (χ0v) is 10.6. The van der Waals surface area contributed by atoms with E-state index in [-0.39, 0.29) is 11.0 Å². The minimum atomic E-state index is -0.171. The molecule has 0 aromatic carbocycles. The van der Waals surface area contributed by atoms with Crippen LogP contribution in [0.15, 0.2) is 34.9 Å². The van der Waals surface area contributed by atoms with Crippen LogP contribution in [-0.4, -0.2) is 5.60 Å². The fraction of sp³-hybridized carbons (Fsp3) is 0.571. The van der Waals surface area contributed by atoms with Gasteiger partial charge < -0.3 is 4.74 Å². The fourth-order valence-corrected chi connectivity index (χ4v) is 1.37. The second kappa shape index (κ2) is 3.77. The molecule has 1 aliphatic rings. The van der Waals surface area contributed by atoms with Crippen LogP contribution in [0.5, 0.6) is 0 Å². The highest BCUT2D eigenvalue weighted by atomic mass is 16.5. The summed E-state index contributed by atoms with van der Waals surface area (Å²) in [7, 11) is 0. The van der Waals surface area contributed by atoms with Gasteiger partial charge in [-0.15, -0.1) is 0 Å². The topological polar surface area (TPSA) is 9.23 Å². The zero-order valence-electron chi connectivity index (χ0n) is 10.6. The molecule has 0 aromatic rings. The van der Waals surface area contributed by atoms with E-state index in [4.69, 9.17) is 4.74 Å². The molecular weight excluding hydrogens is 184 g/mol. The minimum Gasteiger partial charge on any atom is -0.487 e. The second-order valence-electron chi connectivity index (χ2n) is 5.82. The molecule has 1 aliphatic carbocycles. The summed E-state index contributed by atoms with van der Waals surface area (Å²) in [5, 5.41) is 0. The van der Waals surface area contributed by atoms with Crippen molar-refractivity contribution in [2.45, 2.75) is 47.1 Å². The van der Waals surface area contributed by atoms with Crippen molar-refractivity contribution in [1.29, 1.82) is 0 Å². The van der Waals surface area contributed by atoms with Crippen LogP contribution in [0.25, 0.3) is 0 Å². The van der Waals surface area contributed by atoms with Crippen molar-refractivity contribution in [3.63, 3.8) is 0 Å². The van der Waals surface area contributed by atoms with Crippen LogP contribution in [-0.2, 0) is 4.74 Å². The summed E-state index contributed by atoms with van der Waals surface area (Å²) in [4.78, 5) is 0. The molecule has 0 aliphatic heterocycles. The number of rotatable bonds is 1. The van der Waals surface area contributed by atoms with Crippen LogP contribution in [0.3, 0.4) is 0 Å². The Balaban J connectivity index is 3.07. The second-order valence-corrected chi connectivity index (χ2v) is 5.82. The first-order valence-electron chi connectivity index (χ1n) is 5.31. The van der Waals surface area contributed by atoms with Crippen LogP contribution < -0.4 is 0 Å². The summed E-state index contributed by atoms with van der Waals surface area (Å²) in [5.74, 6) is 0.911. The van der Waals surface area contributed by atoms with Gasteiger partial charge in [0.1, 0.15) is 11.4 Å². The maximum absolute atomic E-state index is 5.91. The van der Waals surface area contributed by atoms with Crippen LogP contribution >= 0.6 is 0 Å². The molecule has 0 aromatic heterocycles. The van der Waals surface area contributed by atoms with Gasteiger partial charge in [-0.1, -0.05) is 32.2 Å². The van der Waals surface area contributed by atoms with E-state index in [2.05, 4.69) is 53.0 Å². The molecule has 0 atom stereocenters. The molecule has 0 fully saturated rings. The summed E-state index contributed by atoms with van der Waals surface area (Å²) in [6.45, 7) is 12.7. The average molecular weight is 204 g/mol. The van der Waals surface area contributed by atoms with E-state index in [0.717, 1.165) is 5.76 Å². The molecule has 0 spiro atoms. The van der Waals surface area contributed by atoms with Crippen LogP contribution in [0.4, 0.5) is 0 Å². The molecule has 82 valence electrons. The lowest BCUT2D eigenvalue weighted by molar-refractivity contribution is 0.0563. The zero-order chi connectivity index (χ0) is 11.7. The Morgan fingerprint density at radius 2 is 1.47 bits per heavy atom. The van der Waals surface area contributed by atoms with Gasteiger partial charge in [-0.3, -0.25) is 0 Å². The molecular formula is C14H20O. The first kappa shape index (κ1) is 11.9. The van der Waals surface area contributed by atoms with E-state index in [1.165, 1.54) is 5.57 Å². The molecule has 1 nitrogen and oxygen atoms in total. The van der Waals surface area contributed by atoms with Gasteiger partial charge >= 0.3 is 0 Å². The summed E-state index contributed by atoms with van der Waals surface area (Å²) in [6.07, 6.45) is 3.83. The Hall–Kier alpha value is -1.16. The lowest BCUT2D eigenvalue weighted by atomic mass is 9.84. The van der Waals surface area contributed by atoms with E-state index < -0.39 is 0 Å². The van der Waals surface area contributed by atoms with Crippen molar-refractivity contribution in [2.24, 2.45) is 5.41 Å². The fourth-order valence-electron chi connectivity index (χ4n) is 1.37. The summed E-state index contributed by atoms with van der Waals surface area (Å²) < 4.78 is 5.91. The van der Waals surface area contributed by atoms with Gasteiger partial charge in [-0.05, 0) is 32.3 Å². The van der Waals surface area contributed by atoms with Crippen LogP contribution in [0.1, 0.15) is 41.5 Å². The lowest BCUT2D eigenvalue weighted by Gasteiger charge is -2.28. The quantitative estimate of drug-likeness (QED) is 0.587. The minimum absolute atomic E-state index is 0.0756. The summed E-state index contributed by atoms with van der Waals surface area (Å²) in [5.41, 5.74) is 7.02. The predicted molar refractivity (Wildman–Crippen MR) is 63.5 cm³/mol. The first-order valence-corrected chi connectivity index (χ1v) is 5.31. The largest absolute Gasteiger partial charge is 0.487 e. The summed E-state index contributed by atoms with van der Waals surface area (Å²) >= 11 is 0. The molecule has 1 heteroatoms. The van der Waals surface area contributed by atoms with E-state index in [1.807, 2.05) is 12.2 Å². The van der Waals surface area contributed by atoms with Gasteiger partial charge in [-0.25, -0.2) is 0 Å². The van der Waals surface area contributed by atoms with Gasteiger partial charge in [0.2, 0.25) is 0 Å². The Morgan fingerprint density at radius 3 is 1.93 bits per heavy atom. The maximum Gasteiger partial charge on any atom is 0.132 e. The lowest BCUT2D eigenvalue weighted by Crippen LogP contribution is -2.21. The normalized spacial score (nSPS) is 16.1. The standard InChI is InChI=1S/C14H20O/c1-13(2,3)11-9-7-8-10-12(11)15-14(4,5)6/h9-10H,1-6H3. The molecule has 15 heavy (non-hydrogen) atoms. The average Bonchev–Trinajstić information content (AvgIpc) is 1.99. The monoisotopic (exact) mass is 204 g/mol. The molecule has 1 rings (SSSR count). The molecule has 0 N–H and O–H groups in total. The highest BCUT2D eigenvalue weighted by molar-refractivity contribution is 5.36. The third-order valence-electron chi connectivity index (χ3n) is 1.99. The van der Waals surface area contributed by atoms with Crippen molar-refractivity contribution >= 4 is 0 Å². The van der Waals surface area contributed by atoms with Crippen molar-refractivity contribution in [1.82, 2.24) is 0 Å². The van der Waals surface area contributed by atoms with Gasteiger partial charge in [-0.2, -0.15) is 0 Å². The van der Waals surface area contributed by atoms with Gasteiger partial charge in [0, 0.05) is 11.6 Å². The van der Waals surface area contributed by atoms with E-state index in [0.29, 0.717) is 0 Å². The van der Waals surface area contributed by atoms with Crippen molar-refractivity contribution in [3.05, 3.63) is 34.9 Å². The maximum atomic E-state index is 5.91. The van der Waals surface area contributed by atoms with Gasteiger partial charge in [0.25, 0.3) is 0 Å². The number of allylic oxidation sites excluding steroid dienone is 3. The number of hydrogen-bond donors (Lipinski definition) is 0. The molecule has 0 unspecified atom stereocenters. The predicted octanol–water partition coefficient (Wildman–Crippen LogP) is 3.98. The molecule has 0 bridgehead atoms. The van der Waals surface area contributed by atoms with E-state index in [9.17, 15) is 0 Å². The SMILES string of the molecule is CC(C)(C)OC1=C(C(C)(C)C)C=C=C=C1. The third-order valence-corrected chi connectivity index (χ3v) is 1.99. The highest BCUT2D eigenvalue weighted by Crippen LogP contribution is 2.32. The Labute approximate surface area is 92.8 Å². The molecule has 0 heterocycles. The van der Waals surface area contributed by atoms with Crippen LogP contribution in [0.2, 0.25) is 0 Å². The number of hydrogen-bond acceptors (Lipinski definition) is 1. The smallest absolute Gasteiger partial charge is 0.132 e. The number of ether oxygens (including phenoxy) is 1. The van der Waals surface area contributed by atoms with Crippen molar-refractivity contribution in [2.75, 3.05) is 0 Å². The molecule has 0 saturated carbocycles. The molecule has 0 radical (unpaired) electrons. The Bertz CT molecular complexity index is 371. The summed E-state index contributed by atoms with van der Waals surface area (Å²) in [6, 6.07) is 0. The van der Waals surface area contributed by atoms with Gasteiger partial charge in [0.05, 0.1) is 0 Å². The first-order chi connectivity index (χ1) is 6.70. The van der Waals surface area contributed by atoms with Gasteiger partial charge in [0.15, 0.2) is 0 Å². The van der Waals surface area contributed by atoms with Crippen molar-refractivity contribution in [3.8, 4) is 0 Å². The molecule has 0 amide bonds. The van der Waals surface area contributed by atoms with Crippen LogP contribution in [0, 0.1) is 5.41 Å². The Morgan fingerprint density at radius 1 is 0.933 bits per heavy atom. The van der Waals surface area contributed by atoms with Crippen molar-refractivity contribution < 1.29 is 4.74 Å². The van der Waals surface area contributed by atoms with E-state index in [1.54, 1.807) is 0 Å².